The van der Waals surface area contributed by atoms with Gasteiger partial charge in [0.25, 0.3) is 0 Å². The van der Waals surface area contributed by atoms with Crippen LogP contribution in [0, 0.1) is 0 Å². The highest BCUT2D eigenvalue weighted by atomic mass is 16.5. The molecule has 1 heterocycles. The number of nitrogens with one attached hydrogen (secondary N) is 1. The number of aromatic amines is 1. The highest BCUT2D eigenvalue weighted by Crippen LogP contribution is 2.30. The molecule has 0 saturated heterocycles. The van der Waals surface area contributed by atoms with E-state index in [-0.39, 0.29) is 0 Å². The Labute approximate surface area is 158 Å². The molecular weight excluding hydrogens is 344 g/mol. The van der Waals surface area contributed by atoms with Crippen LogP contribution in [0.3, 0.4) is 0 Å². The van der Waals surface area contributed by atoms with E-state index in [1.54, 1.807) is 32.4 Å². The Morgan fingerprint density at radius 1 is 1.07 bits per heavy atom. The van der Waals surface area contributed by atoms with E-state index in [0.29, 0.717) is 22.8 Å². The van der Waals surface area contributed by atoms with Gasteiger partial charge in [0.1, 0.15) is 17.2 Å². The molecule has 3 aromatic rings. The van der Waals surface area contributed by atoms with E-state index in [4.69, 9.17) is 14.2 Å². The number of carbonyl (C=O) groups is 1. The molecule has 3 rings (SSSR count). The van der Waals surface area contributed by atoms with Crippen LogP contribution in [0.4, 0.5) is 0 Å². The van der Waals surface area contributed by atoms with Crippen LogP contribution in [0.2, 0.25) is 0 Å². The number of esters is 1. The van der Waals surface area contributed by atoms with Gasteiger partial charge in [0.15, 0.2) is 0 Å². The SMILES string of the molecule is COc1cc(OC)cc(C(=O)Oc2cccc3[nH]cc(CCN(C)C)c23)c1. The molecule has 0 fully saturated rings. The molecule has 0 aliphatic heterocycles. The summed E-state index contributed by atoms with van der Waals surface area (Å²) in [7, 11) is 7.15. The Kier molecular flexibility index (Phi) is 5.66. The summed E-state index contributed by atoms with van der Waals surface area (Å²) in [6.07, 6.45) is 2.83. The molecular formula is C21H24N2O4. The van der Waals surface area contributed by atoms with E-state index in [1.165, 1.54) is 0 Å². The molecule has 0 aliphatic rings. The van der Waals surface area contributed by atoms with Gasteiger partial charge in [0.05, 0.1) is 19.8 Å². The Balaban J connectivity index is 1.92. The van der Waals surface area contributed by atoms with Crippen LogP contribution in [-0.4, -0.2) is 50.7 Å². The number of carbonyl (C=O) groups excluding carboxylic acids is 1. The van der Waals surface area contributed by atoms with Crippen molar-refractivity contribution in [2.45, 2.75) is 6.42 Å². The Bertz CT molecular complexity index is 924. The van der Waals surface area contributed by atoms with Crippen molar-refractivity contribution in [3.05, 3.63) is 53.7 Å². The predicted molar refractivity (Wildman–Crippen MR) is 105 cm³/mol. The maximum absolute atomic E-state index is 12.7. The summed E-state index contributed by atoms with van der Waals surface area (Å²) in [5.41, 5.74) is 2.43. The number of likely N-dealkylation sites (N-methyl/N-ethyl adjacent to an activating group) is 1. The number of rotatable bonds is 7. The molecule has 2 aromatic carbocycles. The van der Waals surface area contributed by atoms with Crippen LogP contribution >= 0.6 is 0 Å². The summed E-state index contributed by atoms with van der Waals surface area (Å²) in [5, 5.41) is 0.933. The second kappa shape index (κ2) is 8.14. The Morgan fingerprint density at radius 2 is 1.78 bits per heavy atom. The van der Waals surface area contributed by atoms with Crippen LogP contribution in [0.15, 0.2) is 42.6 Å². The average molecular weight is 368 g/mol. The standard InChI is InChI=1S/C21H24N2O4/c1-23(2)9-8-14-13-22-18-6-5-7-19(20(14)18)27-21(24)15-10-16(25-3)12-17(11-15)26-4/h5-7,10-13,22H,8-9H2,1-4H3. The van der Waals surface area contributed by atoms with E-state index in [9.17, 15) is 4.79 Å². The van der Waals surface area contributed by atoms with Crippen molar-refractivity contribution in [3.63, 3.8) is 0 Å². The van der Waals surface area contributed by atoms with Gasteiger partial charge in [0, 0.05) is 29.7 Å². The minimum Gasteiger partial charge on any atom is -0.497 e. The first kappa shape index (κ1) is 18.8. The van der Waals surface area contributed by atoms with E-state index < -0.39 is 5.97 Å². The smallest absolute Gasteiger partial charge is 0.343 e. The van der Waals surface area contributed by atoms with Gasteiger partial charge < -0.3 is 24.1 Å². The summed E-state index contributed by atoms with van der Waals surface area (Å²) < 4.78 is 16.2. The number of benzene rings is 2. The number of H-pyrrole nitrogens is 1. The lowest BCUT2D eigenvalue weighted by atomic mass is 10.1. The first-order valence-electron chi connectivity index (χ1n) is 8.70. The van der Waals surface area contributed by atoms with Crippen LogP contribution in [0.1, 0.15) is 15.9 Å². The first-order chi connectivity index (χ1) is 13.0. The van der Waals surface area contributed by atoms with Gasteiger partial charge in [-0.05, 0) is 50.3 Å². The topological polar surface area (TPSA) is 63.8 Å². The quantitative estimate of drug-likeness (QED) is 0.511. The van der Waals surface area contributed by atoms with Gasteiger partial charge in [-0.25, -0.2) is 4.79 Å². The second-order valence-electron chi connectivity index (χ2n) is 6.54. The van der Waals surface area contributed by atoms with Crippen LogP contribution in [-0.2, 0) is 6.42 Å². The van der Waals surface area contributed by atoms with Gasteiger partial charge in [-0.1, -0.05) is 6.07 Å². The van der Waals surface area contributed by atoms with Gasteiger partial charge in [-0.2, -0.15) is 0 Å². The Hall–Kier alpha value is -2.99. The lowest BCUT2D eigenvalue weighted by molar-refractivity contribution is 0.0736. The highest BCUT2D eigenvalue weighted by molar-refractivity contribution is 5.96. The zero-order valence-corrected chi connectivity index (χ0v) is 16.0. The lowest BCUT2D eigenvalue weighted by Gasteiger charge is -2.11. The summed E-state index contributed by atoms with van der Waals surface area (Å²) >= 11 is 0. The first-order valence-corrected chi connectivity index (χ1v) is 8.70. The fraction of sp³-hybridized carbons (Fsp3) is 0.286. The van der Waals surface area contributed by atoms with Crippen molar-refractivity contribution < 1.29 is 19.0 Å². The fourth-order valence-electron chi connectivity index (χ4n) is 2.93. The van der Waals surface area contributed by atoms with Gasteiger partial charge in [-0.15, -0.1) is 0 Å². The van der Waals surface area contributed by atoms with Gasteiger partial charge >= 0.3 is 5.97 Å². The van der Waals surface area contributed by atoms with Crippen molar-refractivity contribution >= 4 is 16.9 Å². The van der Waals surface area contributed by atoms with E-state index in [1.807, 2.05) is 38.5 Å². The third-order valence-electron chi connectivity index (χ3n) is 4.37. The van der Waals surface area contributed by atoms with E-state index in [2.05, 4.69) is 9.88 Å². The molecule has 0 radical (unpaired) electrons. The molecule has 0 atom stereocenters. The molecule has 0 bridgehead atoms. The van der Waals surface area contributed by atoms with Crippen LogP contribution in [0.25, 0.3) is 10.9 Å². The molecule has 0 saturated carbocycles. The molecule has 0 spiro atoms. The summed E-state index contributed by atoms with van der Waals surface area (Å²) in [4.78, 5) is 18.1. The molecule has 0 aliphatic carbocycles. The number of aromatic nitrogens is 1. The zero-order valence-electron chi connectivity index (χ0n) is 16.0. The summed E-state index contributed by atoms with van der Waals surface area (Å²) in [6.45, 7) is 0.905. The highest BCUT2D eigenvalue weighted by Gasteiger charge is 2.16. The van der Waals surface area contributed by atoms with Crippen molar-refractivity contribution in [3.8, 4) is 17.2 Å². The molecule has 142 valence electrons. The predicted octanol–water partition coefficient (Wildman–Crippen LogP) is 3.51. The average Bonchev–Trinajstić information content (AvgIpc) is 3.10. The molecule has 27 heavy (non-hydrogen) atoms. The number of fused-ring (bicyclic) bond motifs is 1. The lowest BCUT2D eigenvalue weighted by Crippen LogP contribution is -2.15. The van der Waals surface area contributed by atoms with E-state index >= 15 is 0 Å². The molecule has 6 nitrogen and oxygen atoms in total. The summed E-state index contributed by atoms with van der Waals surface area (Å²) in [6, 6.07) is 10.6. The molecule has 1 aromatic heterocycles. The minimum atomic E-state index is -0.459. The Morgan fingerprint density at radius 3 is 2.41 bits per heavy atom. The molecule has 0 amide bonds. The fourth-order valence-corrected chi connectivity index (χ4v) is 2.93. The van der Waals surface area contributed by atoms with E-state index in [0.717, 1.165) is 29.4 Å². The van der Waals surface area contributed by atoms with Crippen molar-refractivity contribution in [2.24, 2.45) is 0 Å². The maximum atomic E-state index is 12.7. The molecule has 6 heteroatoms. The molecule has 1 N–H and O–H groups in total. The number of ether oxygens (including phenoxy) is 3. The van der Waals surface area contributed by atoms with Crippen molar-refractivity contribution in [1.82, 2.24) is 9.88 Å². The monoisotopic (exact) mass is 368 g/mol. The van der Waals surface area contributed by atoms with Crippen LogP contribution < -0.4 is 14.2 Å². The second-order valence-corrected chi connectivity index (χ2v) is 6.54. The van der Waals surface area contributed by atoms with Gasteiger partial charge in [-0.3, -0.25) is 0 Å². The summed E-state index contributed by atoms with van der Waals surface area (Å²) in [5.74, 6) is 1.15. The van der Waals surface area contributed by atoms with Crippen molar-refractivity contribution in [2.75, 3.05) is 34.9 Å². The normalized spacial score (nSPS) is 11.0. The van der Waals surface area contributed by atoms with Gasteiger partial charge in [0.2, 0.25) is 0 Å². The number of nitrogens with zero attached hydrogens (tertiary/aromatic N) is 1. The third-order valence-corrected chi connectivity index (χ3v) is 4.37. The number of hydrogen-bond acceptors (Lipinski definition) is 5. The largest absolute Gasteiger partial charge is 0.497 e. The number of hydrogen-bond donors (Lipinski definition) is 1. The van der Waals surface area contributed by atoms with Crippen LogP contribution in [0.5, 0.6) is 17.2 Å². The molecule has 0 unspecified atom stereocenters. The maximum Gasteiger partial charge on any atom is 0.343 e. The van der Waals surface area contributed by atoms with Crippen molar-refractivity contribution in [1.29, 1.82) is 0 Å². The third kappa shape index (κ3) is 4.23. The zero-order chi connectivity index (χ0) is 19.4. The number of methoxy groups -OCH3 is 2. The minimum absolute atomic E-state index is 0.369.